The summed E-state index contributed by atoms with van der Waals surface area (Å²) >= 11 is 1.48. The van der Waals surface area contributed by atoms with Gasteiger partial charge in [-0.1, -0.05) is 0 Å². The van der Waals surface area contributed by atoms with E-state index in [2.05, 4.69) is 10.3 Å². The Morgan fingerprint density at radius 2 is 2.54 bits per heavy atom. The van der Waals surface area contributed by atoms with E-state index in [4.69, 9.17) is 9.84 Å². The Kier molecular flexibility index (Phi) is 4.92. The van der Waals surface area contributed by atoms with Crippen molar-refractivity contribution in [3.8, 4) is 0 Å². The first-order valence-corrected chi connectivity index (χ1v) is 4.98. The number of ether oxygens (including phenoxy) is 1. The maximum atomic E-state index is 8.77. The monoisotopic (exact) mass is 202 g/mol. The third-order valence-electron chi connectivity index (χ3n) is 1.52. The van der Waals surface area contributed by atoms with Crippen molar-refractivity contribution in [2.24, 2.45) is 0 Å². The van der Waals surface area contributed by atoms with Crippen LogP contribution in [-0.2, 0) is 17.9 Å². The Hall–Kier alpha value is -0.490. The molecule has 74 valence electrons. The highest BCUT2D eigenvalue weighted by atomic mass is 32.1. The quantitative estimate of drug-likeness (QED) is 0.654. The third kappa shape index (κ3) is 3.82. The van der Waals surface area contributed by atoms with Crippen molar-refractivity contribution in [2.75, 3.05) is 20.3 Å². The van der Waals surface area contributed by atoms with Crippen LogP contribution in [0.2, 0.25) is 0 Å². The van der Waals surface area contributed by atoms with Gasteiger partial charge in [0.2, 0.25) is 0 Å². The largest absolute Gasteiger partial charge is 0.389 e. The Bertz CT molecular complexity index is 240. The number of rotatable bonds is 6. The van der Waals surface area contributed by atoms with Gasteiger partial charge < -0.3 is 15.2 Å². The standard InChI is InChI=1S/C8H14N2O2S/c1-12-3-2-9-4-7-6-13-8(5-11)10-7/h6,9,11H,2-5H2,1H3. The summed E-state index contributed by atoms with van der Waals surface area (Å²) in [6.07, 6.45) is 0. The minimum atomic E-state index is 0.0305. The van der Waals surface area contributed by atoms with E-state index in [1.54, 1.807) is 7.11 Å². The molecule has 0 atom stereocenters. The van der Waals surface area contributed by atoms with Crippen LogP contribution in [-0.4, -0.2) is 30.4 Å². The summed E-state index contributed by atoms with van der Waals surface area (Å²) in [7, 11) is 1.67. The van der Waals surface area contributed by atoms with E-state index >= 15 is 0 Å². The van der Waals surface area contributed by atoms with Gasteiger partial charge in [-0.25, -0.2) is 4.98 Å². The number of methoxy groups -OCH3 is 1. The van der Waals surface area contributed by atoms with Crippen LogP contribution in [0.4, 0.5) is 0 Å². The summed E-state index contributed by atoms with van der Waals surface area (Å²) in [5.41, 5.74) is 0.977. The van der Waals surface area contributed by atoms with Crippen molar-refractivity contribution < 1.29 is 9.84 Å². The molecule has 0 saturated heterocycles. The van der Waals surface area contributed by atoms with Crippen LogP contribution < -0.4 is 5.32 Å². The molecule has 4 nitrogen and oxygen atoms in total. The SMILES string of the molecule is COCCNCc1csc(CO)n1. The maximum Gasteiger partial charge on any atom is 0.118 e. The second-order valence-electron chi connectivity index (χ2n) is 2.56. The van der Waals surface area contributed by atoms with Crippen LogP contribution >= 0.6 is 11.3 Å². The average Bonchev–Trinajstić information content (AvgIpc) is 2.60. The first kappa shape index (κ1) is 10.6. The molecule has 1 aromatic rings. The second-order valence-corrected chi connectivity index (χ2v) is 3.50. The highest BCUT2D eigenvalue weighted by Crippen LogP contribution is 2.08. The van der Waals surface area contributed by atoms with Gasteiger partial charge in [0.25, 0.3) is 0 Å². The lowest BCUT2D eigenvalue weighted by molar-refractivity contribution is 0.199. The molecular formula is C8H14N2O2S. The number of thiazole rings is 1. The molecule has 0 aliphatic carbocycles. The van der Waals surface area contributed by atoms with E-state index in [0.29, 0.717) is 6.61 Å². The minimum Gasteiger partial charge on any atom is -0.389 e. The van der Waals surface area contributed by atoms with Gasteiger partial charge in [-0.3, -0.25) is 0 Å². The molecule has 0 aliphatic rings. The fourth-order valence-corrected chi connectivity index (χ4v) is 1.55. The average molecular weight is 202 g/mol. The number of hydrogen-bond acceptors (Lipinski definition) is 5. The molecule has 0 radical (unpaired) electrons. The van der Waals surface area contributed by atoms with E-state index in [9.17, 15) is 0 Å². The molecule has 1 heterocycles. The summed E-state index contributed by atoms with van der Waals surface area (Å²) in [5.74, 6) is 0. The van der Waals surface area contributed by atoms with Crippen LogP contribution in [0.1, 0.15) is 10.7 Å². The Morgan fingerprint density at radius 1 is 1.69 bits per heavy atom. The Labute approximate surface area is 81.6 Å². The van der Waals surface area contributed by atoms with Crippen molar-refractivity contribution in [1.82, 2.24) is 10.3 Å². The van der Waals surface area contributed by atoms with E-state index in [1.165, 1.54) is 11.3 Å². The first-order valence-electron chi connectivity index (χ1n) is 4.10. The van der Waals surface area contributed by atoms with E-state index in [1.807, 2.05) is 5.38 Å². The molecule has 0 unspecified atom stereocenters. The molecule has 1 aromatic heterocycles. The molecule has 0 saturated carbocycles. The predicted molar refractivity (Wildman–Crippen MR) is 51.6 cm³/mol. The molecule has 5 heteroatoms. The summed E-state index contributed by atoms with van der Waals surface area (Å²) in [5, 5.41) is 14.7. The molecule has 1 rings (SSSR count). The van der Waals surface area contributed by atoms with Gasteiger partial charge >= 0.3 is 0 Å². The van der Waals surface area contributed by atoms with Gasteiger partial charge in [-0.2, -0.15) is 0 Å². The zero-order chi connectivity index (χ0) is 9.52. The molecule has 0 spiro atoms. The van der Waals surface area contributed by atoms with Crippen molar-refractivity contribution >= 4 is 11.3 Å². The zero-order valence-electron chi connectivity index (χ0n) is 7.62. The Balaban J connectivity index is 2.20. The van der Waals surface area contributed by atoms with Crippen molar-refractivity contribution in [1.29, 1.82) is 0 Å². The number of nitrogens with zero attached hydrogens (tertiary/aromatic N) is 1. The maximum absolute atomic E-state index is 8.77. The number of aliphatic hydroxyl groups excluding tert-OH is 1. The highest BCUT2D eigenvalue weighted by Gasteiger charge is 1.99. The fourth-order valence-electron chi connectivity index (χ4n) is 0.893. The lowest BCUT2D eigenvalue weighted by Gasteiger charge is -2.00. The molecular weight excluding hydrogens is 188 g/mol. The molecule has 0 aliphatic heterocycles. The third-order valence-corrected chi connectivity index (χ3v) is 2.41. The van der Waals surface area contributed by atoms with E-state index in [0.717, 1.165) is 23.8 Å². The lowest BCUT2D eigenvalue weighted by Crippen LogP contribution is -2.18. The fraction of sp³-hybridized carbons (Fsp3) is 0.625. The van der Waals surface area contributed by atoms with Crippen LogP contribution in [0.25, 0.3) is 0 Å². The zero-order valence-corrected chi connectivity index (χ0v) is 8.43. The van der Waals surface area contributed by atoms with E-state index < -0.39 is 0 Å². The number of hydrogen-bond donors (Lipinski definition) is 2. The summed E-state index contributed by atoms with van der Waals surface area (Å²) in [4.78, 5) is 4.19. The molecule has 0 aromatic carbocycles. The van der Waals surface area contributed by atoms with Gasteiger partial charge in [0.05, 0.1) is 18.9 Å². The summed E-state index contributed by atoms with van der Waals surface area (Å²) in [6, 6.07) is 0. The topological polar surface area (TPSA) is 54.4 Å². The molecule has 0 bridgehead atoms. The van der Waals surface area contributed by atoms with Gasteiger partial charge in [0.15, 0.2) is 0 Å². The lowest BCUT2D eigenvalue weighted by atomic mass is 10.5. The van der Waals surface area contributed by atoms with Crippen LogP contribution in [0.5, 0.6) is 0 Å². The van der Waals surface area contributed by atoms with Crippen molar-refractivity contribution in [3.63, 3.8) is 0 Å². The van der Waals surface area contributed by atoms with Gasteiger partial charge in [0, 0.05) is 25.6 Å². The van der Waals surface area contributed by atoms with Gasteiger partial charge in [-0.05, 0) is 0 Å². The molecule has 0 fully saturated rings. The molecule has 13 heavy (non-hydrogen) atoms. The number of aliphatic hydroxyl groups is 1. The Morgan fingerprint density at radius 3 is 3.15 bits per heavy atom. The predicted octanol–water partition coefficient (Wildman–Crippen LogP) is 0.371. The second kappa shape index (κ2) is 6.04. The summed E-state index contributed by atoms with van der Waals surface area (Å²) in [6.45, 7) is 2.29. The highest BCUT2D eigenvalue weighted by molar-refractivity contribution is 7.09. The molecule has 0 amide bonds. The number of nitrogens with one attached hydrogen (secondary N) is 1. The van der Waals surface area contributed by atoms with Crippen molar-refractivity contribution in [3.05, 3.63) is 16.1 Å². The van der Waals surface area contributed by atoms with Crippen LogP contribution in [0, 0.1) is 0 Å². The summed E-state index contributed by atoms with van der Waals surface area (Å²) < 4.78 is 4.89. The van der Waals surface area contributed by atoms with Gasteiger partial charge in [-0.15, -0.1) is 11.3 Å². The first-order chi connectivity index (χ1) is 6.36. The minimum absolute atomic E-state index is 0.0305. The number of aromatic nitrogens is 1. The molecule has 2 N–H and O–H groups in total. The van der Waals surface area contributed by atoms with Crippen LogP contribution in [0.3, 0.4) is 0 Å². The van der Waals surface area contributed by atoms with Crippen LogP contribution in [0.15, 0.2) is 5.38 Å². The normalized spacial score (nSPS) is 10.6. The smallest absolute Gasteiger partial charge is 0.118 e. The van der Waals surface area contributed by atoms with Crippen molar-refractivity contribution in [2.45, 2.75) is 13.2 Å². The van der Waals surface area contributed by atoms with E-state index in [-0.39, 0.29) is 6.61 Å². The van der Waals surface area contributed by atoms with Gasteiger partial charge in [0.1, 0.15) is 5.01 Å².